The molecule has 8 aromatic rings. The topological polar surface area (TPSA) is 55.4 Å². The van der Waals surface area contributed by atoms with Gasteiger partial charge >= 0.3 is 0 Å². The van der Waals surface area contributed by atoms with Crippen LogP contribution in [0, 0.1) is 0 Å². The van der Waals surface area contributed by atoms with E-state index in [9.17, 15) is 0 Å². The minimum atomic E-state index is 0.373. The number of rotatable bonds is 10. The summed E-state index contributed by atoms with van der Waals surface area (Å²) in [7, 11) is 6.75. The third-order valence-electron chi connectivity index (χ3n) is 9.57. The van der Waals surface area contributed by atoms with E-state index in [1.165, 1.54) is 0 Å². The average molecular weight is 819 g/mol. The van der Waals surface area contributed by atoms with E-state index in [0.717, 1.165) is 73.9 Å². The molecule has 52 heavy (non-hydrogen) atoms. The van der Waals surface area contributed by atoms with Gasteiger partial charge in [0.15, 0.2) is 0 Å². The maximum atomic E-state index is 6.76. The second kappa shape index (κ2) is 14.1. The highest BCUT2D eigenvalue weighted by atomic mass is 79.9. The molecule has 0 N–H and O–H groups in total. The van der Waals surface area contributed by atoms with Crippen molar-refractivity contribution in [1.82, 2.24) is 0 Å². The van der Waals surface area contributed by atoms with Crippen LogP contribution in [0.5, 0.6) is 34.5 Å². The van der Waals surface area contributed by atoms with Gasteiger partial charge in [-0.05, 0) is 90.2 Å². The van der Waals surface area contributed by atoms with E-state index in [1.54, 1.807) is 28.4 Å². The largest absolute Gasteiger partial charge is 0.496 e. The second-order valence-corrected chi connectivity index (χ2v) is 14.1. The molecule has 0 heterocycles. The predicted octanol–water partition coefficient (Wildman–Crippen LogP) is 12.2. The van der Waals surface area contributed by atoms with Gasteiger partial charge in [-0.3, -0.25) is 0 Å². The van der Waals surface area contributed by atoms with E-state index in [2.05, 4.69) is 80.4 Å². The van der Waals surface area contributed by atoms with Crippen LogP contribution >= 0.6 is 31.9 Å². The Morgan fingerprint density at radius 2 is 0.788 bits per heavy atom. The van der Waals surface area contributed by atoms with Crippen LogP contribution in [0.3, 0.4) is 0 Å². The highest BCUT2D eigenvalue weighted by Crippen LogP contribution is 2.53. The van der Waals surface area contributed by atoms with Crippen LogP contribution in [0.15, 0.2) is 118 Å². The molecule has 0 amide bonds. The Morgan fingerprint density at radius 3 is 1.17 bits per heavy atom. The molecule has 0 spiro atoms. The van der Waals surface area contributed by atoms with Gasteiger partial charge in [0.1, 0.15) is 47.7 Å². The van der Waals surface area contributed by atoms with E-state index in [-0.39, 0.29) is 0 Å². The number of fused-ring (bicyclic) bond motifs is 9. The summed E-state index contributed by atoms with van der Waals surface area (Å²) in [5.74, 6) is 4.19. The van der Waals surface area contributed by atoms with Crippen molar-refractivity contribution in [1.29, 1.82) is 0 Å². The second-order valence-electron chi connectivity index (χ2n) is 12.4. The van der Waals surface area contributed by atoms with Gasteiger partial charge in [0.25, 0.3) is 0 Å². The monoisotopic (exact) mass is 816 g/mol. The fraction of sp³-hybridized carbons (Fsp3) is 0.136. The summed E-state index contributed by atoms with van der Waals surface area (Å²) in [4.78, 5) is 0. The van der Waals surface area contributed by atoms with Gasteiger partial charge in [0, 0.05) is 43.1 Å². The molecule has 0 atom stereocenters. The van der Waals surface area contributed by atoms with Crippen molar-refractivity contribution in [3.8, 4) is 34.5 Å². The third kappa shape index (κ3) is 5.71. The summed E-state index contributed by atoms with van der Waals surface area (Å²) in [6, 6.07) is 36.8. The fourth-order valence-corrected chi connectivity index (χ4v) is 8.25. The van der Waals surface area contributed by atoms with Gasteiger partial charge in [-0.2, -0.15) is 0 Å². The number of hydrogen-bond acceptors (Lipinski definition) is 6. The lowest BCUT2D eigenvalue weighted by molar-refractivity contribution is 0.308. The summed E-state index contributed by atoms with van der Waals surface area (Å²) < 4.78 is 39.3. The van der Waals surface area contributed by atoms with Crippen molar-refractivity contribution in [3.05, 3.63) is 129 Å². The van der Waals surface area contributed by atoms with Gasteiger partial charge in [-0.15, -0.1) is 0 Å². The van der Waals surface area contributed by atoms with E-state index >= 15 is 0 Å². The van der Waals surface area contributed by atoms with Gasteiger partial charge in [0.05, 0.1) is 37.4 Å². The number of benzene rings is 8. The summed E-state index contributed by atoms with van der Waals surface area (Å²) in [6.45, 7) is 0.747. The minimum Gasteiger partial charge on any atom is -0.496 e. The van der Waals surface area contributed by atoms with Crippen LogP contribution in [-0.2, 0) is 13.2 Å². The first-order chi connectivity index (χ1) is 25.4. The van der Waals surface area contributed by atoms with Crippen LogP contribution in [0.2, 0.25) is 0 Å². The molecule has 8 rings (SSSR count). The first-order valence-corrected chi connectivity index (χ1v) is 18.3. The maximum Gasteiger partial charge on any atom is 0.142 e. The Morgan fingerprint density at radius 1 is 0.404 bits per heavy atom. The maximum absolute atomic E-state index is 6.76. The molecule has 0 aromatic heterocycles. The molecule has 0 aliphatic rings. The first-order valence-electron chi connectivity index (χ1n) is 16.7. The normalized spacial score (nSPS) is 11.4. The Balaban J connectivity index is 1.59. The van der Waals surface area contributed by atoms with Crippen molar-refractivity contribution >= 4 is 85.7 Å². The van der Waals surface area contributed by atoms with Crippen molar-refractivity contribution in [3.63, 3.8) is 0 Å². The van der Waals surface area contributed by atoms with Crippen LogP contribution in [-0.4, -0.2) is 28.4 Å². The first kappa shape index (κ1) is 33.9. The lowest BCUT2D eigenvalue weighted by atomic mass is 9.89. The number of methoxy groups -OCH3 is 4. The standard InChI is InChI=1S/C44H34Br2O6/c1-47-34-19-30-36(49-3)21-32(45)43(51-23-25-11-7-5-8-12-25)41(30)39-28(34)17-15-27-16-18-29-35(48-2)20-31-37(50-4)22-33(46)44(42(31)40(29)38(27)39)52-24-26-13-9-6-10-14-26/h5-22H,23-24H2,1-4H3. The summed E-state index contributed by atoms with van der Waals surface area (Å²) in [5.41, 5.74) is 2.11. The quantitative estimate of drug-likeness (QED) is 0.128. The zero-order valence-electron chi connectivity index (χ0n) is 29.0. The molecule has 6 nitrogen and oxygen atoms in total. The third-order valence-corrected chi connectivity index (χ3v) is 10.8. The van der Waals surface area contributed by atoms with Gasteiger partial charge < -0.3 is 28.4 Å². The highest BCUT2D eigenvalue weighted by Gasteiger charge is 2.25. The van der Waals surface area contributed by atoms with Crippen molar-refractivity contribution in [2.24, 2.45) is 0 Å². The highest BCUT2D eigenvalue weighted by molar-refractivity contribution is 9.11. The molecular weight excluding hydrogens is 784 g/mol. The van der Waals surface area contributed by atoms with Crippen LogP contribution in [0.4, 0.5) is 0 Å². The molecule has 0 aliphatic carbocycles. The zero-order valence-corrected chi connectivity index (χ0v) is 32.2. The minimum absolute atomic E-state index is 0.373. The van der Waals surface area contributed by atoms with E-state index in [4.69, 9.17) is 28.4 Å². The Hall–Kier alpha value is -5.18. The molecule has 0 saturated heterocycles. The molecular formula is C44H34Br2O6. The Bertz CT molecular complexity index is 2460. The molecule has 260 valence electrons. The van der Waals surface area contributed by atoms with Gasteiger partial charge in [0.2, 0.25) is 0 Å². The van der Waals surface area contributed by atoms with Crippen LogP contribution in [0.1, 0.15) is 11.1 Å². The van der Waals surface area contributed by atoms with Gasteiger partial charge in [-0.1, -0.05) is 72.8 Å². The number of hydrogen-bond donors (Lipinski definition) is 0. The summed E-state index contributed by atoms with van der Waals surface area (Å²) in [6.07, 6.45) is 0. The predicted molar refractivity (Wildman–Crippen MR) is 217 cm³/mol. The van der Waals surface area contributed by atoms with E-state index in [0.29, 0.717) is 47.7 Å². The lowest BCUT2D eigenvalue weighted by Crippen LogP contribution is -2.00. The summed E-state index contributed by atoms with van der Waals surface area (Å²) in [5, 5.41) is 9.23. The Kier molecular flexibility index (Phi) is 9.20. The molecule has 0 radical (unpaired) electrons. The Labute approximate surface area is 318 Å². The van der Waals surface area contributed by atoms with Crippen LogP contribution < -0.4 is 28.4 Å². The molecule has 0 saturated carbocycles. The number of ether oxygens (including phenoxy) is 6. The molecule has 0 aliphatic heterocycles. The lowest BCUT2D eigenvalue weighted by Gasteiger charge is -2.22. The van der Waals surface area contributed by atoms with E-state index < -0.39 is 0 Å². The molecule has 0 unspecified atom stereocenters. The molecule has 8 heteroatoms. The molecule has 0 fully saturated rings. The van der Waals surface area contributed by atoms with Crippen LogP contribution in [0.25, 0.3) is 53.9 Å². The molecule has 8 aromatic carbocycles. The van der Waals surface area contributed by atoms with Crippen molar-refractivity contribution < 1.29 is 28.4 Å². The average Bonchev–Trinajstić information content (AvgIpc) is 3.19. The smallest absolute Gasteiger partial charge is 0.142 e. The SMILES string of the molecule is COc1cc(Br)c(OCc2ccccc2)c2c1cc(OC)c1ccc3ccc4c(OC)cc5c(OC)cc(Br)c(OCc6ccccc6)c5c4c3c12. The van der Waals surface area contributed by atoms with Crippen molar-refractivity contribution in [2.45, 2.75) is 13.2 Å². The summed E-state index contributed by atoms with van der Waals surface area (Å²) >= 11 is 7.73. The zero-order chi connectivity index (χ0) is 35.9. The molecule has 0 bridgehead atoms. The van der Waals surface area contributed by atoms with Crippen molar-refractivity contribution in [2.75, 3.05) is 28.4 Å². The number of halogens is 2. The van der Waals surface area contributed by atoms with E-state index in [1.807, 2.05) is 60.7 Å². The fourth-order valence-electron chi connectivity index (χ4n) is 7.21. The van der Waals surface area contributed by atoms with Gasteiger partial charge in [-0.25, -0.2) is 0 Å².